The molecule has 0 saturated carbocycles. The molecule has 0 atom stereocenters. The molecule has 0 amide bonds. The van der Waals surface area contributed by atoms with E-state index in [1.54, 1.807) is 0 Å². The number of alkyl halides is 2. The fourth-order valence-corrected chi connectivity index (χ4v) is 1.95. The summed E-state index contributed by atoms with van der Waals surface area (Å²) in [4.78, 5) is 11.2. The first kappa shape index (κ1) is 13.5. The van der Waals surface area contributed by atoms with Gasteiger partial charge in [-0.25, -0.2) is 17.2 Å². The van der Waals surface area contributed by atoms with Gasteiger partial charge in [0.1, 0.15) is 0 Å². The fourth-order valence-electron chi connectivity index (χ4n) is 0.998. The van der Waals surface area contributed by atoms with Crippen LogP contribution in [0.2, 0.25) is 0 Å². The van der Waals surface area contributed by atoms with Crippen LogP contribution in [0.5, 0.6) is 0 Å². The van der Waals surface area contributed by atoms with Gasteiger partial charge in [0.2, 0.25) is 5.82 Å². The van der Waals surface area contributed by atoms with E-state index in [4.69, 9.17) is 16.4 Å². The van der Waals surface area contributed by atoms with Crippen molar-refractivity contribution in [1.82, 2.24) is 4.98 Å². The average molecular weight is 288 g/mol. The predicted molar refractivity (Wildman–Crippen MR) is 53.3 cm³/mol. The van der Waals surface area contributed by atoms with Gasteiger partial charge in [0.05, 0.1) is 5.56 Å². The number of nitrogens with zero attached hydrogens (tertiary/aromatic N) is 2. The Morgan fingerprint density at radius 2 is 2.06 bits per heavy atom. The van der Waals surface area contributed by atoms with Crippen molar-refractivity contribution in [3.8, 4) is 0 Å². The number of pyridine rings is 1. The van der Waals surface area contributed by atoms with E-state index >= 15 is 0 Å². The third kappa shape index (κ3) is 2.77. The maximum absolute atomic E-state index is 12.4. The molecule has 0 aromatic carbocycles. The van der Waals surface area contributed by atoms with Crippen LogP contribution in [0.3, 0.4) is 0 Å². The van der Waals surface area contributed by atoms with Crippen molar-refractivity contribution >= 4 is 31.4 Å². The maximum Gasteiger partial charge on any atom is 0.385 e. The summed E-state index contributed by atoms with van der Waals surface area (Å²) in [6.07, 6.45) is -3.12. The highest BCUT2D eigenvalue weighted by atomic mass is 35.7. The Labute approximate surface area is 97.8 Å². The van der Waals surface area contributed by atoms with Gasteiger partial charge in [-0.2, -0.15) is 0 Å². The zero-order valence-electron chi connectivity index (χ0n) is 7.80. The van der Waals surface area contributed by atoms with Crippen LogP contribution in [0.1, 0.15) is 12.0 Å². The standard InChI is InChI=1S/C6H4ClF2N3O4S/c7-17(15,16)3-1-2(4(8)9)5(10)11-6(3)12(13)14/h1,4H,(H2,10,11). The van der Waals surface area contributed by atoms with Gasteiger partial charge in [0.25, 0.3) is 15.5 Å². The summed E-state index contributed by atoms with van der Waals surface area (Å²) in [5, 5.41) is 10.5. The number of hydrogen-bond donors (Lipinski definition) is 1. The van der Waals surface area contributed by atoms with E-state index < -0.39 is 42.5 Å². The van der Waals surface area contributed by atoms with Crippen LogP contribution in [0.15, 0.2) is 11.0 Å². The molecule has 0 bridgehead atoms. The van der Waals surface area contributed by atoms with Crippen LogP contribution < -0.4 is 5.73 Å². The first-order valence-electron chi connectivity index (χ1n) is 3.82. The summed E-state index contributed by atoms with van der Waals surface area (Å²) in [7, 11) is 0.307. The van der Waals surface area contributed by atoms with E-state index in [2.05, 4.69) is 4.98 Å². The second kappa shape index (κ2) is 4.37. The molecular formula is C6H4ClF2N3O4S. The van der Waals surface area contributed by atoms with Crippen LogP contribution in [0.25, 0.3) is 0 Å². The smallest absolute Gasteiger partial charge is 0.362 e. The van der Waals surface area contributed by atoms with Gasteiger partial charge in [-0.05, 0) is 16.0 Å². The lowest BCUT2D eigenvalue weighted by Gasteiger charge is -2.04. The van der Waals surface area contributed by atoms with E-state index in [9.17, 15) is 27.3 Å². The van der Waals surface area contributed by atoms with Gasteiger partial charge < -0.3 is 15.8 Å². The van der Waals surface area contributed by atoms with E-state index in [-0.39, 0.29) is 0 Å². The minimum absolute atomic E-state index is 0.341. The van der Waals surface area contributed by atoms with Gasteiger partial charge in [-0.3, -0.25) is 0 Å². The van der Waals surface area contributed by atoms with Crippen molar-refractivity contribution in [2.24, 2.45) is 0 Å². The number of rotatable bonds is 3. The van der Waals surface area contributed by atoms with Crippen molar-refractivity contribution in [2.75, 3.05) is 5.73 Å². The highest BCUT2D eigenvalue weighted by molar-refractivity contribution is 8.13. The van der Waals surface area contributed by atoms with Gasteiger partial charge in [-0.15, -0.1) is 0 Å². The zero-order valence-corrected chi connectivity index (χ0v) is 9.37. The topological polar surface area (TPSA) is 116 Å². The molecule has 0 saturated heterocycles. The molecule has 0 spiro atoms. The van der Waals surface area contributed by atoms with Crippen LogP contribution in [-0.2, 0) is 9.05 Å². The Hall–Kier alpha value is -1.55. The number of nitrogens with two attached hydrogens (primary N) is 1. The number of anilines is 1. The van der Waals surface area contributed by atoms with E-state index in [0.717, 1.165) is 0 Å². The highest BCUT2D eigenvalue weighted by Crippen LogP contribution is 2.32. The predicted octanol–water partition coefficient (Wildman–Crippen LogP) is 1.44. The molecular weight excluding hydrogens is 284 g/mol. The van der Waals surface area contributed by atoms with E-state index in [1.165, 1.54) is 0 Å². The third-order valence-corrected chi connectivity index (χ3v) is 3.02. The summed E-state index contributed by atoms with van der Waals surface area (Å²) in [6.45, 7) is 0. The molecule has 94 valence electrons. The van der Waals surface area contributed by atoms with Gasteiger partial charge >= 0.3 is 5.82 Å². The number of halogens is 3. The van der Waals surface area contributed by atoms with Crippen molar-refractivity contribution < 1.29 is 22.1 Å². The Morgan fingerprint density at radius 1 is 1.53 bits per heavy atom. The molecule has 17 heavy (non-hydrogen) atoms. The molecule has 1 heterocycles. The molecule has 0 aliphatic carbocycles. The normalized spacial score (nSPS) is 11.8. The second-order valence-electron chi connectivity index (χ2n) is 2.78. The summed E-state index contributed by atoms with van der Waals surface area (Å²) >= 11 is 0. The zero-order chi connectivity index (χ0) is 13.4. The van der Waals surface area contributed by atoms with Gasteiger partial charge in [0.15, 0.2) is 4.90 Å². The highest BCUT2D eigenvalue weighted by Gasteiger charge is 2.30. The molecule has 1 aromatic rings. The third-order valence-electron chi connectivity index (χ3n) is 1.70. The SMILES string of the molecule is Nc1nc([N+](=O)[O-])c(S(=O)(=O)Cl)cc1C(F)F. The van der Waals surface area contributed by atoms with Crippen molar-refractivity contribution in [3.05, 3.63) is 21.7 Å². The van der Waals surface area contributed by atoms with Crippen molar-refractivity contribution in [1.29, 1.82) is 0 Å². The van der Waals surface area contributed by atoms with Crippen molar-refractivity contribution in [2.45, 2.75) is 11.3 Å². The first-order chi connectivity index (χ1) is 7.64. The molecule has 1 rings (SSSR count). The minimum Gasteiger partial charge on any atom is -0.362 e. The lowest BCUT2D eigenvalue weighted by atomic mass is 10.2. The summed E-state index contributed by atoms with van der Waals surface area (Å²) in [5.74, 6) is -2.02. The van der Waals surface area contributed by atoms with Crippen LogP contribution in [0.4, 0.5) is 20.4 Å². The molecule has 0 aliphatic heterocycles. The van der Waals surface area contributed by atoms with E-state index in [0.29, 0.717) is 6.07 Å². The first-order valence-corrected chi connectivity index (χ1v) is 6.13. The monoisotopic (exact) mass is 287 g/mol. The number of nitro groups is 1. The molecule has 7 nitrogen and oxygen atoms in total. The summed E-state index contributed by atoms with van der Waals surface area (Å²) in [5.41, 5.74) is 4.10. The Morgan fingerprint density at radius 3 is 2.41 bits per heavy atom. The van der Waals surface area contributed by atoms with Gasteiger partial charge in [0, 0.05) is 10.7 Å². The largest absolute Gasteiger partial charge is 0.385 e. The van der Waals surface area contributed by atoms with E-state index in [1.807, 2.05) is 0 Å². The molecule has 2 N–H and O–H groups in total. The molecule has 0 unspecified atom stereocenters. The lowest BCUT2D eigenvalue weighted by Crippen LogP contribution is -2.07. The summed E-state index contributed by atoms with van der Waals surface area (Å²) in [6, 6.07) is 0.341. The van der Waals surface area contributed by atoms with Gasteiger partial charge in [-0.1, -0.05) is 0 Å². The average Bonchev–Trinajstić information content (AvgIpc) is 2.14. The molecule has 11 heteroatoms. The van der Waals surface area contributed by atoms with Crippen LogP contribution in [0, 0.1) is 10.1 Å². The number of aromatic nitrogens is 1. The Kier molecular flexibility index (Phi) is 3.48. The molecule has 0 aliphatic rings. The molecule has 1 aromatic heterocycles. The fraction of sp³-hybridized carbons (Fsp3) is 0.167. The van der Waals surface area contributed by atoms with Crippen LogP contribution in [-0.4, -0.2) is 18.3 Å². The maximum atomic E-state index is 12.4. The minimum atomic E-state index is -4.57. The Bertz CT molecular complexity index is 577. The second-order valence-corrected chi connectivity index (χ2v) is 5.31. The lowest BCUT2D eigenvalue weighted by molar-refractivity contribution is -0.392. The van der Waals surface area contributed by atoms with Crippen molar-refractivity contribution in [3.63, 3.8) is 0 Å². The number of hydrogen-bond acceptors (Lipinski definition) is 6. The van der Waals surface area contributed by atoms with Crippen LogP contribution >= 0.6 is 10.7 Å². The quantitative estimate of drug-likeness (QED) is 0.511. The summed E-state index contributed by atoms with van der Waals surface area (Å²) < 4.78 is 46.8. The number of nitrogen functional groups attached to an aromatic ring is 1. The molecule has 0 radical (unpaired) electrons. The molecule has 0 fully saturated rings. The Balaban J connectivity index is 3.66.